The van der Waals surface area contributed by atoms with Crippen molar-refractivity contribution in [3.63, 3.8) is 0 Å². The maximum Gasteiger partial charge on any atom is 0.305 e. The van der Waals surface area contributed by atoms with Gasteiger partial charge in [-0.2, -0.15) is 0 Å². The van der Waals surface area contributed by atoms with Gasteiger partial charge < -0.3 is 29.9 Å². The molecule has 0 aromatic heterocycles. The van der Waals surface area contributed by atoms with E-state index in [0.717, 1.165) is 36.8 Å². The molecule has 0 aliphatic carbocycles. The number of carboxylic acids is 1. The fourth-order valence-electron chi connectivity index (χ4n) is 6.28. The van der Waals surface area contributed by atoms with E-state index >= 15 is 0 Å². The molecule has 2 amide bonds. The topological polar surface area (TPSA) is 145 Å². The number of methoxy groups -OCH3 is 1. The summed E-state index contributed by atoms with van der Waals surface area (Å²) in [5.41, 5.74) is 2.15. The molecule has 55 heavy (non-hydrogen) atoms. The van der Waals surface area contributed by atoms with E-state index in [2.05, 4.69) is 28.4 Å². The van der Waals surface area contributed by atoms with Crippen molar-refractivity contribution in [1.29, 1.82) is 0 Å². The number of hydrogen-bond acceptors (Lipinski definition) is 7. The van der Waals surface area contributed by atoms with Crippen LogP contribution in [0.25, 0.3) is 0 Å². The highest BCUT2D eigenvalue weighted by Gasteiger charge is 2.26. The van der Waals surface area contributed by atoms with Gasteiger partial charge in [0, 0.05) is 51.4 Å². The second-order valence-corrected chi connectivity index (χ2v) is 13.6. The number of unbranched alkanes of at least 4 members (excludes halogenated alkanes) is 2. The second kappa shape index (κ2) is 25.8. The van der Waals surface area contributed by atoms with Crippen LogP contribution < -0.4 is 0 Å². The van der Waals surface area contributed by atoms with Crippen LogP contribution in [0.2, 0.25) is 0 Å². The molecule has 0 saturated carbocycles. The highest BCUT2D eigenvalue weighted by Crippen LogP contribution is 2.21. The molecule has 294 valence electrons. The molecule has 10 nitrogen and oxygen atoms in total. The zero-order chi connectivity index (χ0) is 39.7. The Balaban J connectivity index is 0.000000296. The number of piperidine rings is 2. The predicted octanol–water partition coefficient (Wildman–Crippen LogP) is 5.66. The van der Waals surface area contributed by atoms with E-state index in [-0.39, 0.29) is 36.3 Å². The Hall–Kier alpha value is -5.16. The van der Waals surface area contributed by atoms with Crippen LogP contribution in [0.15, 0.2) is 85.0 Å². The van der Waals surface area contributed by atoms with Crippen molar-refractivity contribution in [2.75, 3.05) is 20.2 Å². The Labute approximate surface area is 326 Å². The van der Waals surface area contributed by atoms with E-state index in [4.69, 9.17) is 5.11 Å². The van der Waals surface area contributed by atoms with Crippen molar-refractivity contribution >= 4 is 23.8 Å². The van der Waals surface area contributed by atoms with Gasteiger partial charge in [0.25, 0.3) is 0 Å². The molecule has 2 unspecified atom stereocenters. The third-order valence-corrected chi connectivity index (χ3v) is 9.26. The molecule has 4 rings (SSSR count). The van der Waals surface area contributed by atoms with Crippen molar-refractivity contribution in [3.8, 4) is 23.7 Å². The number of amides is 2. The van der Waals surface area contributed by atoms with E-state index in [0.29, 0.717) is 70.9 Å². The molecule has 10 heteroatoms. The third-order valence-electron chi connectivity index (χ3n) is 9.26. The number of carbonyl (C=O) groups is 4. The minimum Gasteiger partial charge on any atom is -0.481 e. The molecule has 2 aliphatic heterocycles. The number of benzene rings is 2. The zero-order valence-corrected chi connectivity index (χ0v) is 32.0. The third kappa shape index (κ3) is 18.1. The summed E-state index contributed by atoms with van der Waals surface area (Å²) in [6.07, 6.45) is 14.6. The molecule has 2 aliphatic rings. The first-order valence-corrected chi connectivity index (χ1v) is 19.3. The maximum atomic E-state index is 12.3. The second-order valence-electron chi connectivity index (χ2n) is 13.6. The fraction of sp³-hybridized carbons (Fsp3) is 0.467. The number of aliphatic carboxylic acids is 1. The average Bonchev–Trinajstić information content (AvgIpc) is 3.18. The van der Waals surface area contributed by atoms with Crippen LogP contribution in [0.5, 0.6) is 0 Å². The van der Waals surface area contributed by atoms with Crippen LogP contribution in [0.1, 0.15) is 88.2 Å². The quantitative estimate of drug-likeness (QED) is 0.0863. The molecule has 2 aromatic rings. The summed E-state index contributed by atoms with van der Waals surface area (Å²) in [6.45, 7) is 0.719. The van der Waals surface area contributed by atoms with Crippen molar-refractivity contribution in [2.24, 2.45) is 0 Å². The lowest BCUT2D eigenvalue weighted by molar-refractivity contribution is -0.141. The molecule has 0 spiro atoms. The summed E-state index contributed by atoms with van der Waals surface area (Å²) in [5, 5.41) is 29.1. The van der Waals surface area contributed by atoms with Gasteiger partial charge in [0.05, 0.1) is 44.5 Å². The van der Waals surface area contributed by atoms with E-state index in [1.54, 1.807) is 22.0 Å². The van der Waals surface area contributed by atoms with Crippen LogP contribution in [0.4, 0.5) is 0 Å². The summed E-state index contributed by atoms with van der Waals surface area (Å²) < 4.78 is 4.60. The van der Waals surface area contributed by atoms with Gasteiger partial charge in [-0.3, -0.25) is 19.2 Å². The van der Waals surface area contributed by atoms with Gasteiger partial charge in [-0.05, 0) is 49.7 Å². The number of carboxylic acid groups (broad SMARTS) is 1. The fourth-order valence-corrected chi connectivity index (χ4v) is 6.28. The summed E-state index contributed by atoms with van der Waals surface area (Å²) in [7, 11) is 1.38. The van der Waals surface area contributed by atoms with Gasteiger partial charge in [0.15, 0.2) is 0 Å². The van der Waals surface area contributed by atoms with Crippen molar-refractivity contribution in [1.82, 2.24) is 9.80 Å². The number of ether oxygens (including phenoxy) is 1. The Morgan fingerprint density at radius 1 is 0.727 bits per heavy atom. The van der Waals surface area contributed by atoms with Gasteiger partial charge in [-0.25, -0.2) is 0 Å². The van der Waals surface area contributed by atoms with Gasteiger partial charge >= 0.3 is 11.9 Å². The molecule has 2 heterocycles. The van der Waals surface area contributed by atoms with E-state index in [1.165, 1.54) is 7.11 Å². The Morgan fingerprint density at radius 3 is 1.58 bits per heavy atom. The largest absolute Gasteiger partial charge is 0.481 e. The van der Waals surface area contributed by atoms with E-state index in [1.807, 2.05) is 72.8 Å². The Morgan fingerprint density at radius 2 is 1.16 bits per heavy atom. The molecule has 2 saturated heterocycles. The number of rotatable bonds is 16. The van der Waals surface area contributed by atoms with E-state index < -0.39 is 18.2 Å². The molecular weight excluding hydrogens is 697 g/mol. The molecule has 2 aromatic carbocycles. The number of likely N-dealkylation sites (tertiary alicyclic amines) is 2. The lowest BCUT2D eigenvalue weighted by Crippen LogP contribution is -2.42. The number of carbonyl (C=O) groups excluding carboxylic acids is 3. The van der Waals surface area contributed by atoms with Crippen LogP contribution in [0.3, 0.4) is 0 Å². The molecule has 0 bridgehead atoms. The number of nitrogens with zero attached hydrogens (tertiary/aromatic N) is 2. The Kier molecular flexibility index (Phi) is 20.7. The van der Waals surface area contributed by atoms with Gasteiger partial charge in [0.2, 0.25) is 11.8 Å². The van der Waals surface area contributed by atoms with Crippen LogP contribution >= 0.6 is 0 Å². The highest BCUT2D eigenvalue weighted by atomic mass is 16.5. The lowest BCUT2D eigenvalue weighted by atomic mass is 9.99. The average molecular weight is 753 g/mol. The predicted molar refractivity (Wildman–Crippen MR) is 212 cm³/mol. The van der Waals surface area contributed by atoms with Crippen LogP contribution in [0, 0.1) is 23.7 Å². The minimum absolute atomic E-state index is 0.0314. The number of aliphatic hydroxyl groups is 2. The molecule has 4 atom stereocenters. The van der Waals surface area contributed by atoms with Crippen molar-refractivity contribution in [3.05, 3.63) is 96.1 Å². The van der Waals surface area contributed by atoms with Gasteiger partial charge in [0.1, 0.15) is 0 Å². The standard InChI is InChI=1S/C23H29NO4.C22H27NO4/c1-28-23(27)14-7-2-3-8-17-24-20(12-9-13-22(24)26)15-16-21(25)18-19-10-5-4-6-11-19;24-20(17-18-9-4-3-5-10-18)15-14-19-11-8-12-21(25)23(19)16-7-2-1-6-13-22(26)27/h4-6,10-11,15-16,20-21,25H,2,7,9,12-14,17-18H2,1H3;3-5,9-10,14-15,19-20,24H,1,6,8,11-13,16-17H2,(H,26,27)/t20-,21?;19-,20?/m11/s1. The summed E-state index contributed by atoms with van der Waals surface area (Å²) in [6, 6.07) is 19.6. The zero-order valence-electron chi connectivity index (χ0n) is 32.0. The maximum absolute atomic E-state index is 12.3. The lowest BCUT2D eigenvalue weighted by Gasteiger charge is -2.32. The summed E-state index contributed by atoms with van der Waals surface area (Å²) in [4.78, 5) is 49.6. The molecule has 2 fully saturated rings. The molecule has 0 radical (unpaired) electrons. The first-order chi connectivity index (χ1) is 26.7. The first-order valence-electron chi connectivity index (χ1n) is 19.3. The van der Waals surface area contributed by atoms with E-state index in [9.17, 15) is 29.4 Å². The van der Waals surface area contributed by atoms with Crippen molar-refractivity contribution in [2.45, 2.75) is 114 Å². The molecular formula is C45H56N2O8. The minimum atomic E-state index is -0.817. The SMILES string of the molecule is COC(=O)CCCC#CCN1C(=O)CCC[C@@H]1C=CC(O)Cc1ccccc1.O=C(O)CCCC#CCN1C(=O)CCC[C@@H]1C=CC(O)Cc1ccccc1. The number of esters is 1. The first kappa shape index (κ1) is 44.2. The summed E-state index contributed by atoms with van der Waals surface area (Å²) in [5.74, 6) is 11.1. The monoisotopic (exact) mass is 752 g/mol. The normalized spacial score (nSPS) is 18.0. The van der Waals surface area contributed by atoms with Gasteiger partial charge in [-0.15, -0.1) is 11.8 Å². The summed E-state index contributed by atoms with van der Waals surface area (Å²) >= 11 is 0. The van der Waals surface area contributed by atoms with Crippen LogP contribution in [-0.4, -0.2) is 93.4 Å². The van der Waals surface area contributed by atoms with Crippen molar-refractivity contribution < 1.29 is 39.2 Å². The number of hydrogen-bond donors (Lipinski definition) is 3. The highest BCUT2D eigenvalue weighted by molar-refractivity contribution is 5.78. The molecule has 3 N–H and O–H groups in total. The van der Waals surface area contributed by atoms with Gasteiger partial charge in [-0.1, -0.05) is 96.8 Å². The van der Waals surface area contributed by atoms with Crippen LogP contribution in [-0.2, 0) is 36.8 Å². The Bertz CT molecular complexity index is 1670. The number of aliphatic hydroxyl groups excluding tert-OH is 2. The smallest absolute Gasteiger partial charge is 0.305 e.